The lowest BCUT2D eigenvalue weighted by Crippen LogP contribution is -2.60. The van der Waals surface area contributed by atoms with E-state index in [1.54, 1.807) is 0 Å². The van der Waals surface area contributed by atoms with Crippen LogP contribution in [-0.4, -0.2) is 16.4 Å². The summed E-state index contributed by atoms with van der Waals surface area (Å²) in [4.78, 5) is 12.5. The highest BCUT2D eigenvalue weighted by molar-refractivity contribution is 7.80. The summed E-state index contributed by atoms with van der Waals surface area (Å²) in [6.07, 6.45) is 3.88. The maximum atomic E-state index is 12.1. The molecule has 0 radical (unpaired) electrons. The molecular weight excluding hydrogens is 232 g/mol. The molecule has 1 saturated carbocycles. The first-order valence-corrected chi connectivity index (χ1v) is 6.71. The van der Waals surface area contributed by atoms with Gasteiger partial charge in [0.25, 0.3) is 0 Å². The molecule has 0 heterocycles. The number of hydrogen-bond donors (Lipinski definition) is 2. The van der Waals surface area contributed by atoms with Crippen molar-refractivity contribution in [2.75, 3.05) is 0 Å². The lowest BCUT2D eigenvalue weighted by Gasteiger charge is -2.40. The molecule has 3 N–H and O–H groups in total. The van der Waals surface area contributed by atoms with Crippen LogP contribution in [0.15, 0.2) is 0 Å². The lowest BCUT2D eigenvalue weighted by atomic mass is 9.76. The van der Waals surface area contributed by atoms with Gasteiger partial charge in [-0.3, -0.25) is 4.79 Å². The predicted octanol–water partition coefficient (Wildman–Crippen LogP) is 2.38. The molecule has 1 amide bonds. The van der Waals surface area contributed by atoms with Crippen LogP contribution in [0.5, 0.6) is 0 Å². The third kappa shape index (κ3) is 3.41. The number of thiocarbonyl (C=S) groups is 1. The van der Waals surface area contributed by atoms with Crippen molar-refractivity contribution >= 4 is 23.1 Å². The number of nitrogens with two attached hydrogens (primary N) is 1. The monoisotopic (exact) mass is 256 g/mol. The summed E-state index contributed by atoms with van der Waals surface area (Å²) in [6, 6.07) is 0. The number of carbonyl (C=O) groups is 1. The van der Waals surface area contributed by atoms with Crippen LogP contribution in [0.25, 0.3) is 0 Å². The first kappa shape index (κ1) is 14.4. The Morgan fingerprint density at radius 2 is 1.82 bits per heavy atom. The minimum atomic E-state index is -0.452. The Morgan fingerprint density at radius 3 is 2.18 bits per heavy atom. The molecule has 0 spiro atoms. The predicted molar refractivity (Wildman–Crippen MR) is 74.7 cm³/mol. The van der Waals surface area contributed by atoms with E-state index >= 15 is 0 Å². The van der Waals surface area contributed by atoms with Crippen molar-refractivity contribution in [2.24, 2.45) is 17.1 Å². The van der Waals surface area contributed by atoms with E-state index in [0.29, 0.717) is 10.9 Å². The van der Waals surface area contributed by atoms with Gasteiger partial charge in [-0.1, -0.05) is 39.9 Å². The van der Waals surface area contributed by atoms with Crippen molar-refractivity contribution in [1.29, 1.82) is 0 Å². The molecule has 0 aromatic rings. The quantitative estimate of drug-likeness (QED) is 0.746. The fourth-order valence-electron chi connectivity index (χ4n) is 2.09. The summed E-state index contributed by atoms with van der Waals surface area (Å²) in [7, 11) is 0. The van der Waals surface area contributed by atoms with Gasteiger partial charge in [0.1, 0.15) is 0 Å². The van der Waals surface area contributed by atoms with Crippen molar-refractivity contribution in [3.8, 4) is 0 Å². The number of nitrogens with one attached hydrogen (secondary N) is 1. The van der Waals surface area contributed by atoms with Crippen molar-refractivity contribution in [3.05, 3.63) is 0 Å². The molecule has 4 heteroatoms. The number of amides is 1. The molecule has 1 aliphatic rings. The highest BCUT2D eigenvalue weighted by Gasteiger charge is 2.40. The molecule has 0 aromatic carbocycles. The minimum absolute atomic E-state index is 0.0276. The topological polar surface area (TPSA) is 55.1 Å². The standard InChI is InChI=1S/C13H24N2OS/c1-9-5-7-13(8-6-9,10(14)17)15-11(16)12(2,3)4/h9H,5-8H2,1-4H3,(H2,14,17)(H,15,16). The highest BCUT2D eigenvalue weighted by Crippen LogP contribution is 2.33. The van der Waals surface area contributed by atoms with E-state index in [1.165, 1.54) is 0 Å². The van der Waals surface area contributed by atoms with Gasteiger partial charge in [-0.25, -0.2) is 0 Å². The molecule has 0 unspecified atom stereocenters. The summed E-state index contributed by atoms with van der Waals surface area (Å²) in [5.74, 6) is 0.726. The molecule has 1 aliphatic carbocycles. The van der Waals surface area contributed by atoms with Gasteiger partial charge in [0.15, 0.2) is 0 Å². The molecule has 1 fully saturated rings. The summed E-state index contributed by atoms with van der Waals surface area (Å²) in [5, 5.41) is 3.09. The van der Waals surface area contributed by atoms with Crippen LogP contribution in [-0.2, 0) is 4.79 Å². The average molecular weight is 256 g/mol. The Bertz CT molecular complexity index is 312. The van der Waals surface area contributed by atoms with Crippen LogP contribution in [0, 0.1) is 11.3 Å². The van der Waals surface area contributed by atoms with Crippen LogP contribution >= 0.6 is 12.2 Å². The summed E-state index contributed by atoms with van der Waals surface area (Å²) in [5.41, 5.74) is 5.00. The Labute approximate surface area is 110 Å². The van der Waals surface area contributed by atoms with E-state index in [4.69, 9.17) is 18.0 Å². The zero-order chi connectivity index (χ0) is 13.3. The van der Waals surface area contributed by atoms with Crippen LogP contribution in [0.1, 0.15) is 53.4 Å². The second-order valence-electron chi connectivity index (χ2n) is 6.33. The van der Waals surface area contributed by atoms with Gasteiger partial charge in [-0.2, -0.15) is 0 Å². The van der Waals surface area contributed by atoms with Gasteiger partial charge in [0, 0.05) is 5.41 Å². The molecular formula is C13H24N2OS. The molecule has 0 aliphatic heterocycles. The maximum Gasteiger partial charge on any atom is 0.226 e. The van der Waals surface area contributed by atoms with E-state index in [-0.39, 0.29) is 5.91 Å². The van der Waals surface area contributed by atoms with Crippen molar-refractivity contribution in [3.63, 3.8) is 0 Å². The third-order valence-electron chi connectivity index (χ3n) is 3.63. The lowest BCUT2D eigenvalue weighted by molar-refractivity contribution is -0.130. The summed E-state index contributed by atoms with van der Waals surface area (Å²) >= 11 is 5.17. The zero-order valence-corrected chi connectivity index (χ0v) is 12.1. The third-order valence-corrected chi connectivity index (χ3v) is 4.02. The molecule has 0 saturated heterocycles. The van der Waals surface area contributed by atoms with E-state index in [1.807, 2.05) is 20.8 Å². The largest absolute Gasteiger partial charge is 0.391 e. The summed E-state index contributed by atoms with van der Waals surface area (Å²) in [6.45, 7) is 7.94. The fourth-order valence-corrected chi connectivity index (χ4v) is 2.35. The van der Waals surface area contributed by atoms with Crippen molar-refractivity contribution < 1.29 is 4.79 Å². The molecule has 0 atom stereocenters. The highest BCUT2D eigenvalue weighted by atomic mass is 32.1. The van der Waals surface area contributed by atoms with E-state index in [0.717, 1.165) is 25.7 Å². The second kappa shape index (κ2) is 4.92. The molecule has 98 valence electrons. The zero-order valence-electron chi connectivity index (χ0n) is 11.3. The SMILES string of the molecule is CC1CCC(NC(=O)C(C)(C)C)(C(N)=S)CC1. The normalized spacial score (nSPS) is 29.8. The van der Waals surface area contributed by atoms with E-state index in [2.05, 4.69) is 12.2 Å². The van der Waals surface area contributed by atoms with Gasteiger partial charge in [0.05, 0.1) is 10.5 Å². The molecule has 0 aromatic heterocycles. The van der Waals surface area contributed by atoms with Crippen molar-refractivity contribution in [2.45, 2.75) is 58.9 Å². The second-order valence-corrected chi connectivity index (χ2v) is 6.77. The van der Waals surface area contributed by atoms with Crippen molar-refractivity contribution in [1.82, 2.24) is 5.32 Å². The molecule has 0 bridgehead atoms. The van der Waals surface area contributed by atoms with E-state index in [9.17, 15) is 4.79 Å². The summed E-state index contributed by atoms with van der Waals surface area (Å²) < 4.78 is 0. The number of hydrogen-bond acceptors (Lipinski definition) is 2. The van der Waals surface area contributed by atoms with Crippen LogP contribution < -0.4 is 11.1 Å². The van der Waals surface area contributed by atoms with Crippen LogP contribution in [0.4, 0.5) is 0 Å². The first-order valence-electron chi connectivity index (χ1n) is 6.30. The number of carbonyl (C=O) groups excluding carboxylic acids is 1. The Balaban J connectivity index is 2.81. The Kier molecular flexibility index (Phi) is 4.18. The molecule has 1 rings (SSSR count). The Morgan fingerprint density at radius 1 is 1.35 bits per heavy atom. The van der Waals surface area contributed by atoms with Gasteiger partial charge in [0.2, 0.25) is 5.91 Å². The smallest absolute Gasteiger partial charge is 0.226 e. The molecule has 17 heavy (non-hydrogen) atoms. The van der Waals surface area contributed by atoms with Gasteiger partial charge >= 0.3 is 0 Å². The van der Waals surface area contributed by atoms with E-state index < -0.39 is 11.0 Å². The van der Waals surface area contributed by atoms with Gasteiger partial charge in [-0.05, 0) is 31.6 Å². The average Bonchev–Trinajstić information content (AvgIpc) is 2.20. The fraction of sp³-hybridized carbons (Fsp3) is 0.846. The Hall–Kier alpha value is -0.640. The number of rotatable bonds is 2. The van der Waals surface area contributed by atoms with Crippen LogP contribution in [0.2, 0.25) is 0 Å². The first-order chi connectivity index (χ1) is 7.67. The van der Waals surface area contributed by atoms with Crippen LogP contribution in [0.3, 0.4) is 0 Å². The minimum Gasteiger partial charge on any atom is -0.391 e. The molecule has 3 nitrogen and oxygen atoms in total. The van der Waals surface area contributed by atoms with Gasteiger partial charge in [-0.15, -0.1) is 0 Å². The van der Waals surface area contributed by atoms with Gasteiger partial charge < -0.3 is 11.1 Å². The maximum absolute atomic E-state index is 12.1.